The van der Waals surface area contributed by atoms with Crippen LogP contribution in [-0.2, 0) is 20.0 Å². The maximum Gasteiger partial charge on any atom is 0.214 e. The van der Waals surface area contributed by atoms with E-state index in [1.807, 2.05) is 39.8 Å². The Morgan fingerprint density at radius 1 is 0.889 bits per heavy atom. The maximum atomic E-state index is 11.2. The van der Waals surface area contributed by atoms with Gasteiger partial charge in [0, 0.05) is 34.5 Å². The number of aromatic hydroxyl groups is 1. The van der Waals surface area contributed by atoms with Gasteiger partial charge in [-0.05, 0) is 80.6 Å². The molecule has 0 saturated carbocycles. The average Bonchev–Trinajstić information content (AvgIpc) is 3.52. The van der Waals surface area contributed by atoms with Gasteiger partial charge < -0.3 is 9.84 Å². The second-order valence-corrected chi connectivity index (χ2v) is 14.8. The van der Waals surface area contributed by atoms with Gasteiger partial charge in [-0.3, -0.25) is 0 Å². The van der Waals surface area contributed by atoms with Crippen LogP contribution in [0.25, 0.3) is 0 Å². The Labute approximate surface area is 230 Å². The van der Waals surface area contributed by atoms with E-state index in [1.165, 1.54) is 0 Å². The zero-order chi connectivity index (χ0) is 26.8. The molecular weight excluding hydrogens is 636 g/mol. The summed E-state index contributed by atoms with van der Waals surface area (Å²) < 4.78 is 56.0. The van der Waals surface area contributed by atoms with Crippen LogP contribution in [0.1, 0.15) is 35.1 Å². The molecule has 200 valence electrons. The van der Waals surface area contributed by atoms with Gasteiger partial charge in [-0.25, -0.2) is 21.6 Å². The highest BCUT2D eigenvalue weighted by Crippen LogP contribution is 2.33. The Balaban J connectivity index is 0.000000167. The maximum absolute atomic E-state index is 11.2. The first-order valence-electron chi connectivity index (χ1n) is 11.5. The summed E-state index contributed by atoms with van der Waals surface area (Å²) in [4.78, 5) is 0. The highest BCUT2D eigenvalue weighted by molar-refractivity contribution is 9.10. The summed E-state index contributed by atoms with van der Waals surface area (Å²) in [5.74, 6) is 1.64. The number of phenols is 1. The number of hydrogen-bond acceptors (Lipinski definition) is 6. The lowest BCUT2D eigenvalue weighted by Crippen LogP contribution is -2.43. The molecule has 0 bridgehead atoms. The minimum Gasteiger partial charge on any atom is -0.508 e. The number of halogens is 2. The van der Waals surface area contributed by atoms with E-state index in [1.54, 1.807) is 16.4 Å². The molecule has 0 spiro atoms. The fraction of sp³-hybridized carbons (Fsp3) is 0.500. The van der Waals surface area contributed by atoms with E-state index in [0.717, 1.165) is 49.9 Å². The third kappa shape index (κ3) is 7.91. The average molecular weight is 668 g/mol. The van der Waals surface area contributed by atoms with Crippen LogP contribution in [0.5, 0.6) is 11.5 Å². The van der Waals surface area contributed by atoms with Crippen LogP contribution in [0.4, 0.5) is 0 Å². The molecule has 0 radical (unpaired) electrons. The Bertz CT molecular complexity index is 1270. The van der Waals surface area contributed by atoms with Crippen LogP contribution in [0, 0.1) is 27.7 Å². The molecule has 3 saturated heterocycles. The number of hydrogen-bond donors (Lipinski definition) is 2. The number of rotatable bonds is 2. The molecule has 5 rings (SSSR count). The second-order valence-electron chi connectivity index (χ2n) is 9.29. The minimum atomic E-state index is -3.07. The lowest BCUT2D eigenvalue weighted by molar-refractivity contribution is 0.195. The third-order valence-electron chi connectivity index (χ3n) is 6.10. The lowest BCUT2D eigenvalue weighted by Gasteiger charge is -2.24. The highest BCUT2D eigenvalue weighted by atomic mass is 79.9. The van der Waals surface area contributed by atoms with Crippen LogP contribution < -0.4 is 9.46 Å². The molecule has 3 atom stereocenters. The predicted molar refractivity (Wildman–Crippen MR) is 149 cm³/mol. The van der Waals surface area contributed by atoms with Crippen LogP contribution in [0.15, 0.2) is 33.2 Å². The summed E-state index contributed by atoms with van der Waals surface area (Å²) in [5, 5.41) is 9.10. The van der Waals surface area contributed by atoms with Crippen molar-refractivity contribution in [3.8, 4) is 11.5 Å². The monoisotopic (exact) mass is 666 g/mol. The van der Waals surface area contributed by atoms with Gasteiger partial charge in [-0.1, -0.05) is 31.9 Å². The van der Waals surface area contributed by atoms with Crippen molar-refractivity contribution in [1.29, 1.82) is 0 Å². The quantitative estimate of drug-likeness (QED) is 0.462. The summed E-state index contributed by atoms with van der Waals surface area (Å²) in [6.45, 7) is 9.06. The highest BCUT2D eigenvalue weighted by Gasteiger charge is 2.49. The Hall–Kier alpha value is -1.18. The molecule has 0 amide bonds. The van der Waals surface area contributed by atoms with Crippen molar-refractivity contribution in [1.82, 2.24) is 9.03 Å². The molecular formula is C24H32Br2N2O6S2. The molecule has 2 aromatic rings. The first kappa shape index (κ1) is 29.4. The van der Waals surface area contributed by atoms with Crippen LogP contribution in [-0.4, -0.2) is 63.0 Å². The first-order chi connectivity index (χ1) is 16.7. The van der Waals surface area contributed by atoms with Gasteiger partial charge in [-0.2, -0.15) is 4.31 Å². The number of fused-ring (bicyclic) bond motifs is 1. The zero-order valence-corrected chi connectivity index (χ0v) is 25.5. The van der Waals surface area contributed by atoms with Gasteiger partial charge in [0.05, 0.1) is 11.5 Å². The van der Waals surface area contributed by atoms with E-state index < -0.39 is 20.0 Å². The molecule has 2 aromatic carbocycles. The number of sulfonamides is 2. The minimum absolute atomic E-state index is 0.0894. The summed E-state index contributed by atoms with van der Waals surface area (Å²) in [7, 11) is -5.79. The van der Waals surface area contributed by atoms with Gasteiger partial charge in [0.25, 0.3) is 0 Å². The van der Waals surface area contributed by atoms with E-state index in [-0.39, 0.29) is 11.9 Å². The molecule has 3 aliphatic heterocycles. The van der Waals surface area contributed by atoms with E-state index in [2.05, 4.69) is 36.6 Å². The molecule has 36 heavy (non-hydrogen) atoms. The van der Waals surface area contributed by atoms with Crippen molar-refractivity contribution < 1.29 is 26.7 Å². The normalized spacial score (nSPS) is 24.9. The fourth-order valence-corrected chi connectivity index (χ4v) is 7.39. The number of benzene rings is 2. The molecule has 12 heteroatoms. The second kappa shape index (κ2) is 11.7. The lowest BCUT2D eigenvalue weighted by atomic mass is 10.1. The van der Waals surface area contributed by atoms with Crippen molar-refractivity contribution in [2.75, 3.05) is 24.6 Å². The van der Waals surface area contributed by atoms with Crippen molar-refractivity contribution >= 4 is 51.9 Å². The smallest absolute Gasteiger partial charge is 0.214 e. The Morgan fingerprint density at radius 3 is 1.78 bits per heavy atom. The third-order valence-corrected chi connectivity index (χ3v) is 11.9. The molecule has 3 aliphatic rings. The molecule has 0 aliphatic carbocycles. The van der Waals surface area contributed by atoms with Gasteiger partial charge in [0.15, 0.2) is 0 Å². The van der Waals surface area contributed by atoms with Crippen molar-refractivity contribution in [3.63, 3.8) is 0 Å². The number of phenolic OH excluding ortho intramolecular Hbond substituents is 1. The number of nitrogens with zero attached hydrogens (tertiary/aromatic N) is 1. The van der Waals surface area contributed by atoms with Crippen LogP contribution >= 0.6 is 31.9 Å². The standard InChI is InChI=1S/C12H16BrNO3S.C8H9BrO.C4H7NO2S/c1-8-5-11(6-9(2)12(8)13)17-10-3-4-18(15,16)14-7-10;1-5-3-7(10)4-6(2)8(5)9;6-8(7)2-1-4-3-5(4)8/h5-6,10,14H,3-4,7H2,1-2H3;3-4,10H,1-2H3;4H,1-3H2. The Morgan fingerprint density at radius 2 is 1.42 bits per heavy atom. The predicted octanol–water partition coefficient (Wildman–Crippen LogP) is 4.31. The van der Waals surface area contributed by atoms with Crippen molar-refractivity contribution in [2.24, 2.45) is 0 Å². The summed E-state index contributed by atoms with van der Waals surface area (Å²) in [6.07, 6.45) is 1.31. The van der Waals surface area contributed by atoms with E-state index in [0.29, 0.717) is 30.5 Å². The van der Waals surface area contributed by atoms with Crippen molar-refractivity contribution in [2.45, 2.75) is 52.7 Å². The molecule has 3 heterocycles. The topological polar surface area (TPSA) is 113 Å². The fourth-order valence-electron chi connectivity index (χ4n) is 4.01. The molecule has 2 N–H and O–H groups in total. The van der Waals surface area contributed by atoms with Gasteiger partial charge in [-0.15, -0.1) is 0 Å². The summed E-state index contributed by atoms with van der Waals surface area (Å²) in [5.41, 5.74) is 4.36. The van der Waals surface area contributed by atoms with E-state index in [4.69, 9.17) is 9.84 Å². The number of ether oxygens (including phenoxy) is 1. The first-order valence-corrected chi connectivity index (χ1v) is 16.4. The summed E-state index contributed by atoms with van der Waals surface area (Å²) >= 11 is 6.91. The van der Waals surface area contributed by atoms with Crippen LogP contribution in [0.2, 0.25) is 0 Å². The molecule has 8 nitrogen and oxygen atoms in total. The van der Waals surface area contributed by atoms with Gasteiger partial charge in [0.1, 0.15) is 17.6 Å². The molecule has 3 unspecified atom stereocenters. The van der Waals surface area contributed by atoms with Gasteiger partial charge in [0.2, 0.25) is 20.0 Å². The number of aryl methyl sites for hydroxylation is 4. The van der Waals surface area contributed by atoms with E-state index >= 15 is 0 Å². The van der Waals surface area contributed by atoms with Crippen LogP contribution in [0.3, 0.4) is 0 Å². The summed E-state index contributed by atoms with van der Waals surface area (Å²) in [6, 6.07) is 7.79. The zero-order valence-electron chi connectivity index (χ0n) is 20.7. The van der Waals surface area contributed by atoms with Gasteiger partial charge >= 0.3 is 0 Å². The van der Waals surface area contributed by atoms with Crippen molar-refractivity contribution in [3.05, 3.63) is 55.5 Å². The Kier molecular flexibility index (Phi) is 9.54. The number of nitrogens with one attached hydrogen (secondary N) is 1. The largest absolute Gasteiger partial charge is 0.508 e. The molecule has 3 fully saturated rings. The SMILES string of the molecule is Cc1cc(O)cc(C)c1Br.Cc1cc(OC2CCS(=O)(=O)NC2)cc(C)c1Br.O=S1(=O)CCC2CN21. The molecule has 0 aromatic heterocycles. The van der Waals surface area contributed by atoms with E-state index in [9.17, 15) is 16.8 Å².